The van der Waals surface area contributed by atoms with E-state index in [0.29, 0.717) is 5.71 Å². The molecule has 1 aromatic carbocycles. The fraction of sp³-hybridized carbons (Fsp3) is 0.500. The summed E-state index contributed by atoms with van der Waals surface area (Å²) >= 11 is 1.59. The number of anilines is 1. The Morgan fingerprint density at radius 1 is 1.10 bits per heavy atom. The van der Waals surface area contributed by atoms with Gasteiger partial charge in [-0.3, -0.25) is 4.79 Å². The predicted octanol–water partition coefficient (Wildman–Crippen LogP) is 5.21. The molecular weight excluding hydrogens is 394 g/mol. The highest BCUT2D eigenvalue weighted by atomic mass is 32.2. The van der Waals surface area contributed by atoms with Gasteiger partial charge in [-0.05, 0) is 72.6 Å². The van der Waals surface area contributed by atoms with E-state index in [-0.39, 0.29) is 11.3 Å². The van der Waals surface area contributed by atoms with Gasteiger partial charge in [0.1, 0.15) is 5.76 Å². The number of carbonyl (C=O) groups is 1. The van der Waals surface area contributed by atoms with Crippen molar-refractivity contribution in [2.24, 2.45) is 11.1 Å². The van der Waals surface area contributed by atoms with E-state index in [1.54, 1.807) is 23.1 Å². The van der Waals surface area contributed by atoms with E-state index in [4.69, 9.17) is 9.83 Å². The summed E-state index contributed by atoms with van der Waals surface area (Å²) in [4.78, 5) is 9.22. The molecule has 2 aromatic rings. The van der Waals surface area contributed by atoms with Gasteiger partial charge in [-0.25, -0.2) is 0 Å². The number of carbonyl (C=O) groups excluding carboxylic acids is 1. The second-order valence-electron chi connectivity index (χ2n) is 9.45. The molecule has 0 fully saturated rings. The van der Waals surface area contributed by atoms with Gasteiger partial charge in [0.15, 0.2) is 5.09 Å². The van der Waals surface area contributed by atoms with Crippen molar-refractivity contribution in [1.29, 1.82) is 5.41 Å². The number of rotatable bonds is 3. The molecule has 0 aliphatic heterocycles. The summed E-state index contributed by atoms with van der Waals surface area (Å²) in [6.07, 6.45) is 9.14. The van der Waals surface area contributed by atoms with Crippen LogP contribution in [0, 0.1) is 10.8 Å². The molecule has 0 spiro atoms. The number of aryl methyl sites for hydroxylation is 2. The van der Waals surface area contributed by atoms with Crippen LogP contribution in [0.1, 0.15) is 73.6 Å². The first-order chi connectivity index (χ1) is 14.2. The molecule has 1 aromatic heterocycles. The first-order valence-electron chi connectivity index (χ1n) is 10.8. The lowest BCUT2D eigenvalue weighted by molar-refractivity contribution is -0.115. The van der Waals surface area contributed by atoms with Crippen LogP contribution in [0.3, 0.4) is 0 Å². The van der Waals surface area contributed by atoms with E-state index < -0.39 is 0 Å². The van der Waals surface area contributed by atoms with Crippen molar-refractivity contribution in [3.8, 4) is 0 Å². The third-order valence-electron chi connectivity index (χ3n) is 6.13. The Morgan fingerprint density at radius 3 is 2.30 bits per heavy atom. The molecule has 3 aliphatic carbocycles. The summed E-state index contributed by atoms with van der Waals surface area (Å²) in [5, 5.41) is 9.24. The molecule has 0 unspecified atom stereocenters. The third-order valence-corrected chi connectivity index (χ3v) is 6.84. The van der Waals surface area contributed by atoms with Crippen LogP contribution in [0.25, 0.3) is 0 Å². The maximum atomic E-state index is 9.22. The van der Waals surface area contributed by atoms with Gasteiger partial charge in [0.05, 0.1) is 5.69 Å². The third kappa shape index (κ3) is 4.29. The molecule has 4 N–H and O–H groups in total. The van der Waals surface area contributed by atoms with Crippen molar-refractivity contribution >= 4 is 29.3 Å². The molecule has 3 aliphatic rings. The molecule has 160 valence electrons. The van der Waals surface area contributed by atoms with Crippen molar-refractivity contribution in [2.75, 3.05) is 4.72 Å². The van der Waals surface area contributed by atoms with Crippen LogP contribution in [0.15, 0.2) is 21.6 Å². The quantitative estimate of drug-likeness (QED) is 0.589. The van der Waals surface area contributed by atoms with Gasteiger partial charge in [0.2, 0.25) is 5.91 Å². The van der Waals surface area contributed by atoms with E-state index in [0.717, 1.165) is 29.3 Å². The van der Waals surface area contributed by atoms with Crippen LogP contribution in [-0.2, 0) is 36.9 Å². The summed E-state index contributed by atoms with van der Waals surface area (Å²) < 4.78 is 9.79. The number of primary amides is 1. The fourth-order valence-electron chi connectivity index (χ4n) is 4.95. The second-order valence-corrected chi connectivity index (χ2v) is 10.3. The van der Waals surface area contributed by atoms with Crippen LogP contribution in [0.2, 0.25) is 0 Å². The van der Waals surface area contributed by atoms with E-state index in [9.17, 15) is 4.79 Å². The molecule has 1 amide bonds. The number of hydrogen-bond acceptors (Lipinski definition) is 5. The van der Waals surface area contributed by atoms with Crippen LogP contribution < -0.4 is 10.5 Å². The molecule has 30 heavy (non-hydrogen) atoms. The molecule has 0 bridgehead atoms. The van der Waals surface area contributed by atoms with Crippen molar-refractivity contribution in [3.63, 3.8) is 0 Å². The van der Waals surface area contributed by atoms with Gasteiger partial charge in [0.25, 0.3) is 0 Å². The number of furan rings is 1. The van der Waals surface area contributed by atoms with Gasteiger partial charge in [-0.1, -0.05) is 19.9 Å². The SMILES string of the molecule is CC(N)=O.CC1(C)CC(=N)c2cc(SNc3c4c(cc5c3CCC5)CCC4)oc2C1. The summed E-state index contributed by atoms with van der Waals surface area (Å²) in [7, 11) is 0. The highest BCUT2D eigenvalue weighted by Gasteiger charge is 2.32. The maximum Gasteiger partial charge on any atom is 0.214 e. The van der Waals surface area contributed by atoms with Crippen LogP contribution in [0.5, 0.6) is 0 Å². The lowest BCUT2D eigenvalue weighted by Crippen LogP contribution is -2.25. The van der Waals surface area contributed by atoms with Gasteiger partial charge in [-0.15, -0.1) is 0 Å². The highest BCUT2D eigenvalue weighted by Crippen LogP contribution is 2.42. The molecule has 0 saturated carbocycles. The zero-order chi connectivity index (χ0) is 21.5. The largest absolute Gasteiger partial charge is 0.452 e. The second kappa shape index (κ2) is 8.14. The van der Waals surface area contributed by atoms with Gasteiger partial charge in [-0.2, -0.15) is 0 Å². The Morgan fingerprint density at radius 2 is 1.70 bits per heavy atom. The Balaban J connectivity index is 0.000000503. The molecule has 5 rings (SSSR count). The van der Waals surface area contributed by atoms with E-state index >= 15 is 0 Å². The molecular formula is C24H31N3O2S. The molecule has 1 heterocycles. The molecule has 0 saturated heterocycles. The van der Waals surface area contributed by atoms with Crippen LogP contribution >= 0.6 is 11.9 Å². The lowest BCUT2D eigenvalue weighted by atomic mass is 9.76. The van der Waals surface area contributed by atoms with Crippen LogP contribution in [0.4, 0.5) is 5.69 Å². The predicted molar refractivity (Wildman–Crippen MR) is 122 cm³/mol. The van der Waals surface area contributed by atoms with Gasteiger partial charge >= 0.3 is 0 Å². The van der Waals surface area contributed by atoms with Crippen molar-refractivity contribution in [3.05, 3.63) is 45.7 Å². The van der Waals surface area contributed by atoms with E-state index in [1.165, 1.54) is 62.3 Å². The van der Waals surface area contributed by atoms with E-state index in [1.807, 2.05) is 0 Å². The number of amides is 1. The fourth-order valence-corrected chi connectivity index (χ4v) is 5.72. The number of benzene rings is 1. The summed E-state index contributed by atoms with van der Waals surface area (Å²) in [5.41, 5.74) is 13.9. The minimum absolute atomic E-state index is 0.123. The minimum Gasteiger partial charge on any atom is -0.452 e. The van der Waals surface area contributed by atoms with Crippen molar-refractivity contribution in [1.82, 2.24) is 0 Å². The zero-order valence-electron chi connectivity index (χ0n) is 18.1. The first-order valence-corrected chi connectivity index (χ1v) is 11.6. The average molecular weight is 426 g/mol. The first kappa shape index (κ1) is 21.0. The Bertz CT molecular complexity index is 970. The summed E-state index contributed by atoms with van der Waals surface area (Å²) in [6, 6.07) is 4.53. The lowest BCUT2D eigenvalue weighted by Gasteiger charge is -2.28. The maximum absolute atomic E-state index is 9.22. The highest BCUT2D eigenvalue weighted by molar-refractivity contribution is 8.00. The van der Waals surface area contributed by atoms with Crippen molar-refractivity contribution < 1.29 is 9.21 Å². The molecule has 6 heteroatoms. The number of hydrogen-bond donors (Lipinski definition) is 3. The Labute approximate surface area is 182 Å². The Kier molecular flexibility index (Phi) is 5.71. The smallest absolute Gasteiger partial charge is 0.214 e. The van der Waals surface area contributed by atoms with Gasteiger partial charge < -0.3 is 20.3 Å². The standard InChI is InChI=1S/C22H26N2OS.C2H5NO/c1-22(2)11-18(23)17-10-20(25-19(17)12-22)26-24-21-15-7-3-5-13(15)9-14-6-4-8-16(14)21;1-2(3)4/h9-10,23-24H,3-8,11-12H2,1-2H3;1H3,(H2,3,4). The average Bonchev–Trinajstić information content (AvgIpc) is 3.35. The summed E-state index contributed by atoms with van der Waals surface area (Å²) in [5.74, 6) is 0.652. The minimum atomic E-state index is -0.333. The number of nitrogens with two attached hydrogens (primary N) is 1. The normalized spacial score (nSPS) is 18.2. The Hall–Kier alpha value is -2.21. The number of nitrogens with one attached hydrogen (secondary N) is 2. The molecule has 0 radical (unpaired) electrons. The molecule has 0 atom stereocenters. The zero-order valence-corrected chi connectivity index (χ0v) is 18.9. The monoisotopic (exact) mass is 425 g/mol. The van der Waals surface area contributed by atoms with Crippen molar-refractivity contribution in [2.45, 2.75) is 77.2 Å². The van der Waals surface area contributed by atoms with Crippen LogP contribution in [-0.4, -0.2) is 11.6 Å². The van der Waals surface area contributed by atoms with Gasteiger partial charge in [0, 0.05) is 42.6 Å². The van der Waals surface area contributed by atoms with E-state index in [2.05, 4.69) is 36.4 Å². The topological polar surface area (TPSA) is 92.1 Å². The number of fused-ring (bicyclic) bond motifs is 3. The summed E-state index contributed by atoms with van der Waals surface area (Å²) in [6.45, 7) is 5.74. The molecule has 5 nitrogen and oxygen atoms in total.